The Bertz CT molecular complexity index is 647. The number of piperazine rings is 1. The molecular formula is C16H20ClN5O. The van der Waals surface area contributed by atoms with Gasteiger partial charge in [-0.1, -0.05) is 16.8 Å². The predicted octanol–water partition coefficient (Wildman–Crippen LogP) is 2.31. The quantitative estimate of drug-likeness (QED) is 0.837. The van der Waals surface area contributed by atoms with Crippen molar-refractivity contribution in [3.05, 3.63) is 40.8 Å². The molecule has 1 aliphatic heterocycles. The number of nitrogens with zero attached hydrogens (tertiary/aromatic N) is 5. The molecular weight excluding hydrogens is 314 g/mol. The van der Waals surface area contributed by atoms with Gasteiger partial charge in [0, 0.05) is 44.8 Å². The molecule has 0 bridgehead atoms. The Hall–Kier alpha value is -1.50. The van der Waals surface area contributed by atoms with E-state index in [0.29, 0.717) is 10.9 Å². The molecule has 23 heavy (non-hydrogen) atoms. The molecule has 2 fully saturated rings. The minimum atomic E-state index is 0.528. The van der Waals surface area contributed by atoms with Crippen LogP contribution in [0.1, 0.15) is 36.2 Å². The zero-order valence-electron chi connectivity index (χ0n) is 13.0. The SMILES string of the molecule is Clc1ccc(CN2CCN(Cc3noc(C4CC4)n3)CC2)nc1. The highest BCUT2D eigenvalue weighted by Crippen LogP contribution is 2.38. The van der Waals surface area contributed by atoms with Gasteiger partial charge in [0.25, 0.3) is 0 Å². The first-order valence-electron chi connectivity index (χ1n) is 8.14. The molecule has 0 atom stereocenters. The summed E-state index contributed by atoms with van der Waals surface area (Å²) in [6.45, 7) is 5.74. The lowest BCUT2D eigenvalue weighted by Crippen LogP contribution is -2.45. The first kappa shape index (κ1) is 15.1. The number of aromatic nitrogens is 3. The second-order valence-electron chi connectivity index (χ2n) is 6.34. The maximum absolute atomic E-state index is 5.87. The van der Waals surface area contributed by atoms with Crippen molar-refractivity contribution >= 4 is 11.6 Å². The largest absolute Gasteiger partial charge is 0.339 e. The summed E-state index contributed by atoms with van der Waals surface area (Å²) in [5, 5.41) is 4.79. The zero-order valence-corrected chi connectivity index (χ0v) is 13.7. The standard InChI is InChI=1S/C16H20ClN5O/c17-13-3-4-14(18-9-13)10-21-5-7-22(8-6-21)11-15-19-16(23-20-15)12-1-2-12/h3-4,9,12H,1-2,5-8,10-11H2. The van der Waals surface area contributed by atoms with Gasteiger partial charge >= 0.3 is 0 Å². The van der Waals surface area contributed by atoms with Gasteiger partial charge < -0.3 is 4.52 Å². The molecule has 0 spiro atoms. The van der Waals surface area contributed by atoms with Crippen LogP contribution in [0.25, 0.3) is 0 Å². The van der Waals surface area contributed by atoms with Gasteiger partial charge in [-0.15, -0.1) is 0 Å². The van der Waals surface area contributed by atoms with Crippen LogP contribution in [-0.4, -0.2) is 51.1 Å². The highest BCUT2D eigenvalue weighted by molar-refractivity contribution is 6.30. The van der Waals surface area contributed by atoms with Gasteiger partial charge in [-0.25, -0.2) is 0 Å². The summed E-state index contributed by atoms with van der Waals surface area (Å²) in [6.07, 6.45) is 4.10. The molecule has 0 aromatic carbocycles. The molecule has 7 heteroatoms. The predicted molar refractivity (Wildman–Crippen MR) is 86.1 cm³/mol. The Morgan fingerprint density at radius 2 is 1.83 bits per heavy atom. The van der Waals surface area contributed by atoms with Crippen molar-refractivity contribution in [2.24, 2.45) is 0 Å². The Balaban J connectivity index is 1.26. The Morgan fingerprint density at radius 1 is 1.09 bits per heavy atom. The highest BCUT2D eigenvalue weighted by Gasteiger charge is 2.30. The average Bonchev–Trinajstić information content (AvgIpc) is 3.32. The minimum absolute atomic E-state index is 0.528. The molecule has 0 unspecified atom stereocenters. The van der Waals surface area contributed by atoms with E-state index in [2.05, 4.69) is 24.9 Å². The molecule has 1 aliphatic carbocycles. The summed E-state index contributed by atoms with van der Waals surface area (Å²) in [6, 6.07) is 3.89. The number of halogens is 1. The normalized spacial score (nSPS) is 20.0. The maximum atomic E-state index is 5.87. The molecule has 1 saturated carbocycles. The van der Waals surface area contributed by atoms with Crippen molar-refractivity contribution in [3.8, 4) is 0 Å². The highest BCUT2D eigenvalue weighted by atomic mass is 35.5. The number of hydrogen-bond donors (Lipinski definition) is 0. The molecule has 2 aliphatic rings. The summed E-state index contributed by atoms with van der Waals surface area (Å²) in [4.78, 5) is 13.7. The van der Waals surface area contributed by atoms with E-state index < -0.39 is 0 Å². The molecule has 6 nitrogen and oxygen atoms in total. The number of hydrogen-bond acceptors (Lipinski definition) is 6. The number of pyridine rings is 1. The van der Waals surface area contributed by atoms with Crippen LogP contribution in [0.3, 0.4) is 0 Å². The summed E-state index contributed by atoms with van der Waals surface area (Å²) in [7, 11) is 0. The summed E-state index contributed by atoms with van der Waals surface area (Å²) < 4.78 is 5.32. The fourth-order valence-corrected chi connectivity index (χ4v) is 2.97. The van der Waals surface area contributed by atoms with Crippen molar-refractivity contribution in [1.29, 1.82) is 0 Å². The van der Waals surface area contributed by atoms with E-state index in [-0.39, 0.29) is 0 Å². The Morgan fingerprint density at radius 3 is 2.48 bits per heavy atom. The zero-order chi connectivity index (χ0) is 15.6. The fourth-order valence-electron chi connectivity index (χ4n) is 2.86. The lowest BCUT2D eigenvalue weighted by atomic mass is 10.2. The van der Waals surface area contributed by atoms with Gasteiger partial charge in [-0.2, -0.15) is 4.98 Å². The molecule has 1 saturated heterocycles. The van der Waals surface area contributed by atoms with Crippen LogP contribution in [0.2, 0.25) is 5.02 Å². The lowest BCUT2D eigenvalue weighted by Gasteiger charge is -2.33. The van der Waals surface area contributed by atoms with E-state index in [9.17, 15) is 0 Å². The maximum Gasteiger partial charge on any atom is 0.229 e. The van der Waals surface area contributed by atoms with Crippen molar-refractivity contribution < 1.29 is 4.52 Å². The fraction of sp³-hybridized carbons (Fsp3) is 0.562. The van der Waals surface area contributed by atoms with Gasteiger partial charge in [-0.05, 0) is 25.0 Å². The molecule has 0 amide bonds. The van der Waals surface area contributed by atoms with Crippen LogP contribution in [0.5, 0.6) is 0 Å². The Kier molecular flexibility index (Phi) is 4.29. The van der Waals surface area contributed by atoms with Crippen LogP contribution in [0.4, 0.5) is 0 Å². The van der Waals surface area contributed by atoms with E-state index in [1.54, 1.807) is 6.20 Å². The van der Waals surface area contributed by atoms with Crippen molar-refractivity contribution in [3.63, 3.8) is 0 Å². The van der Waals surface area contributed by atoms with E-state index in [0.717, 1.165) is 56.7 Å². The monoisotopic (exact) mass is 333 g/mol. The van der Waals surface area contributed by atoms with Gasteiger partial charge in [0.2, 0.25) is 5.89 Å². The molecule has 0 N–H and O–H groups in total. The number of rotatable bonds is 5. The van der Waals surface area contributed by atoms with Crippen molar-refractivity contribution in [1.82, 2.24) is 24.9 Å². The van der Waals surface area contributed by atoms with Crippen LogP contribution in [-0.2, 0) is 13.1 Å². The third-order valence-electron chi connectivity index (χ3n) is 4.41. The van der Waals surface area contributed by atoms with Crippen LogP contribution in [0, 0.1) is 0 Å². The van der Waals surface area contributed by atoms with Crippen molar-refractivity contribution in [2.75, 3.05) is 26.2 Å². The smallest absolute Gasteiger partial charge is 0.229 e. The van der Waals surface area contributed by atoms with Crippen molar-refractivity contribution in [2.45, 2.75) is 31.8 Å². The molecule has 122 valence electrons. The van der Waals surface area contributed by atoms with Crippen LogP contribution >= 0.6 is 11.6 Å². The average molecular weight is 334 g/mol. The molecule has 2 aromatic heterocycles. The second-order valence-corrected chi connectivity index (χ2v) is 6.78. The summed E-state index contributed by atoms with van der Waals surface area (Å²) in [5.41, 5.74) is 1.06. The van der Waals surface area contributed by atoms with Gasteiger partial charge in [0.05, 0.1) is 17.3 Å². The Labute approximate surface area is 140 Å². The van der Waals surface area contributed by atoms with E-state index >= 15 is 0 Å². The minimum Gasteiger partial charge on any atom is -0.339 e. The van der Waals surface area contributed by atoms with Gasteiger partial charge in [0.1, 0.15) is 0 Å². The molecule has 0 radical (unpaired) electrons. The summed E-state index contributed by atoms with van der Waals surface area (Å²) in [5.74, 6) is 2.17. The topological polar surface area (TPSA) is 58.3 Å². The van der Waals surface area contributed by atoms with E-state index in [1.165, 1.54) is 12.8 Å². The van der Waals surface area contributed by atoms with Gasteiger partial charge in [0.15, 0.2) is 5.82 Å². The van der Waals surface area contributed by atoms with E-state index in [4.69, 9.17) is 16.1 Å². The molecule has 4 rings (SSSR count). The van der Waals surface area contributed by atoms with Crippen LogP contribution in [0.15, 0.2) is 22.9 Å². The first-order chi connectivity index (χ1) is 11.3. The van der Waals surface area contributed by atoms with Gasteiger partial charge in [-0.3, -0.25) is 14.8 Å². The third kappa shape index (κ3) is 3.88. The third-order valence-corrected chi connectivity index (χ3v) is 4.64. The van der Waals surface area contributed by atoms with E-state index in [1.807, 2.05) is 12.1 Å². The summed E-state index contributed by atoms with van der Waals surface area (Å²) >= 11 is 5.87. The first-order valence-corrected chi connectivity index (χ1v) is 8.52. The van der Waals surface area contributed by atoms with Crippen LogP contribution < -0.4 is 0 Å². The molecule has 2 aromatic rings. The lowest BCUT2D eigenvalue weighted by molar-refractivity contribution is 0.118. The second kappa shape index (κ2) is 6.55. The molecule has 3 heterocycles.